The highest BCUT2D eigenvalue weighted by molar-refractivity contribution is 5.85. The molecule has 0 fully saturated rings. The highest BCUT2D eigenvalue weighted by atomic mass is 16.5. The summed E-state index contributed by atoms with van der Waals surface area (Å²) >= 11 is 0. The number of aromatic amines is 2. The van der Waals surface area contributed by atoms with Crippen LogP contribution in [0.25, 0.3) is 0 Å². The van der Waals surface area contributed by atoms with Gasteiger partial charge in [0.1, 0.15) is 0 Å². The van der Waals surface area contributed by atoms with Crippen molar-refractivity contribution in [3.63, 3.8) is 0 Å². The predicted molar refractivity (Wildman–Crippen MR) is 151 cm³/mol. The Morgan fingerprint density at radius 1 is 1.10 bits per heavy atom. The Hall–Kier alpha value is -4.74. The number of hydrogen-bond acceptors (Lipinski definition) is 11. The summed E-state index contributed by atoms with van der Waals surface area (Å²) < 4.78 is 5.74. The maximum absolute atomic E-state index is 7.31. The second-order valence-corrected chi connectivity index (χ2v) is 10.3. The molecule has 2 aromatic rings. The van der Waals surface area contributed by atoms with Crippen LogP contribution < -0.4 is 38.4 Å². The molecule has 1 aliphatic carbocycles. The Labute approximate surface area is 231 Å². The Morgan fingerprint density at radius 2 is 1.73 bits per heavy atom. The minimum Gasteiger partial charge on any atom is -0.399 e. The smallest absolute Gasteiger partial charge is 0.268 e. The van der Waals surface area contributed by atoms with Crippen LogP contribution in [0.5, 0.6) is 0 Å². The second kappa shape index (κ2) is 12.4. The van der Waals surface area contributed by atoms with Crippen molar-refractivity contribution in [2.75, 3.05) is 23.5 Å². The first-order valence-corrected chi connectivity index (χ1v) is 12.6. The van der Waals surface area contributed by atoms with Crippen LogP contribution in [0.3, 0.4) is 0 Å². The molecule has 18 heteroatoms. The van der Waals surface area contributed by atoms with Crippen molar-refractivity contribution in [2.45, 2.75) is 54.0 Å². The van der Waals surface area contributed by atoms with Gasteiger partial charge in [0.05, 0.1) is 25.0 Å². The molecule has 0 radical (unpaired) electrons. The van der Waals surface area contributed by atoms with Crippen molar-refractivity contribution < 1.29 is 4.74 Å². The number of ether oxygens (including phenoxy) is 1. The van der Waals surface area contributed by atoms with Gasteiger partial charge in [-0.05, 0) is 29.7 Å². The van der Waals surface area contributed by atoms with Gasteiger partial charge in [-0.3, -0.25) is 10.9 Å². The molecular weight excluding hydrogens is 518 g/mol. The minimum absolute atomic E-state index is 0.0620. The zero-order valence-corrected chi connectivity index (χ0v) is 23.6. The Balaban J connectivity index is 1.45. The Bertz CT molecular complexity index is 1280. The Morgan fingerprint density at radius 3 is 2.30 bits per heavy atom. The molecule has 12 N–H and O–H groups in total. The molecule has 0 saturated heterocycles. The molecule has 1 aliphatic rings. The minimum atomic E-state index is -0.0811. The van der Waals surface area contributed by atoms with Gasteiger partial charge in [-0.15, -0.1) is 10.2 Å². The van der Waals surface area contributed by atoms with Crippen molar-refractivity contribution in [3.8, 4) is 0 Å². The van der Waals surface area contributed by atoms with Gasteiger partial charge in [0, 0.05) is 6.20 Å². The zero-order chi connectivity index (χ0) is 29.5. The maximum atomic E-state index is 7.31. The van der Waals surface area contributed by atoms with Crippen LogP contribution in [0.15, 0.2) is 38.8 Å². The van der Waals surface area contributed by atoms with Gasteiger partial charge < -0.3 is 27.3 Å². The van der Waals surface area contributed by atoms with E-state index in [-0.39, 0.29) is 59.2 Å². The number of nitrogens with two attached hydrogens (primary N) is 3. The monoisotopic (exact) mass is 557 g/mol. The van der Waals surface area contributed by atoms with Gasteiger partial charge in [0.2, 0.25) is 29.8 Å². The van der Waals surface area contributed by atoms with Crippen LogP contribution in [-0.2, 0) is 4.74 Å². The van der Waals surface area contributed by atoms with Crippen molar-refractivity contribution in [2.24, 2.45) is 43.2 Å². The number of allylic oxidation sites excluding steroid dienone is 1. The summed E-state index contributed by atoms with van der Waals surface area (Å²) in [7, 11) is 0. The van der Waals surface area contributed by atoms with Crippen LogP contribution in [0.1, 0.15) is 48.0 Å². The first kappa shape index (κ1) is 29.8. The summed E-state index contributed by atoms with van der Waals surface area (Å²) in [6.07, 6.45) is 4.54. The molecule has 218 valence electrons. The number of nitrogens with zero attached hydrogens (tertiary/aromatic N) is 8. The molecule has 18 nitrogen and oxygen atoms in total. The number of anilines is 2. The lowest BCUT2D eigenvalue weighted by atomic mass is 9.55. The van der Waals surface area contributed by atoms with E-state index < -0.39 is 0 Å². The number of hydrogen-bond donors (Lipinski definition) is 9. The summed E-state index contributed by atoms with van der Waals surface area (Å²) in [6, 6.07) is -0.0620. The predicted octanol–water partition coefficient (Wildman–Crippen LogP) is 1.38. The van der Waals surface area contributed by atoms with Crippen molar-refractivity contribution in [1.82, 2.24) is 41.2 Å². The summed E-state index contributed by atoms with van der Waals surface area (Å²) in [6.45, 7) is 13.5. The molecule has 3 rings (SSSR count). The fourth-order valence-electron chi connectivity index (χ4n) is 3.52. The van der Waals surface area contributed by atoms with Gasteiger partial charge in [-0.2, -0.15) is 25.5 Å². The summed E-state index contributed by atoms with van der Waals surface area (Å²) in [5.41, 5.74) is 32.2. The summed E-state index contributed by atoms with van der Waals surface area (Å²) in [5, 5.41) is 20.9. The highest BCUT2D eigenvalue weighted by Crippen LogP contribution is 2.54. The van der Waals surface area contributed by atoms with E-state index in [0.29, 0.717) is 12.3 Å². The number of aliphatic imine (C=N–C) groups is 2. The molecule has 0 spiro atoms. The van der Waals surface area contributed by atoms with E-state index in [1.54, 1.807) is 6.20 Å². The van der Waals surface area contributed by atoms with Gasteiger partial charge in [0.15, 0.2) is 0 Å². The third-order valence-corrected chi connectivity index (χ3v) is 6.89. The van der Waals surface area contributed by atoms with E-state index in [4.69, 9.17) is 27.5 Å². The van der Waals surface area contributed by atoms with E-state index in [2.05, 4.69) is 95.5 Å². The quantitative estimate of drug-likeness (QED) is 0.0588. The average Bonchev–Trinajstić information content (AvgIpc) is 3.55. The number of H-pyrrole nitrogens is 2. The summed E-state index contributed by atoms with van der Waals surface area (Å²) in [5.74, 6) is 0.505. The molecule has 1 unspecified atom stereocenters. The lowest BCUT2D eigenvalue weighted by Crippen LogP contribution is -2.48. The number of hydrazine groups is 1. The van der Waals surface area contributed by atoms with Gasteiger partial charge in [-0.25, -0.2) is 15.2 Å². The van der Waals surface area contributed by atoms with E-state index in [0.717, 1.165) is 6.42 Å². The number of rotatable bonds is 12. The molecule has 0 amide bonds. The van der Waals surface area contributed by atoms with E-state index >= 15 is 0 Å². The second-order valence-electron chi connectivity index (χ2n) is 10.3. The van der Waals surface area contributed by atoms with Crippen LogP contribution in [0.4, 0.5) is 23.8 Å². The molecule has 0 aromatic carbocycles. The van der Waals surface area contributed by atoms with E-state index in [1.165, 1.54) is 10.6 Å². The van der Waals surface area contributed by atoms with Crippen LogP contribution in [0, 0.1) is 16.4 Å². The summed E-state index contributed by atoms with van der Waals surface area (Å²) in [4.78, 5) is 16.4. The number of nitrogens with one attached hydrogen (secondary N) is 6. The standard InChI is InChI=1S/C22H39N17O/c1-7-12(2)39(38-26)20-31-19(36-37-20)29-16(25)33-32-15(24)28-18-30-17(34-35-18)27-9-14(23)11-40-10-13-8-21(3,4)22(13,5)6/h8-9,12,26H,7,10-11,23H2,1-6H3,(H4,25,29,31,33,36,37)(H5,24,27,28,30,32,34,35)/b14-9-,38-26?. The number of aromatic nitrogens is 6. The Kier molecular flexibility index (Phi) is 9.25. The highest BCUT2D eigenvalue weighted by Gasteiger charge is 2.46. The first-order valence-electron chi connectivity index (χ1n) is 12.6. The van der Waals surface area contributed by atoms with Crippen molar-refractivity contribution >= 4 is 35.7 Å². The molecule has 2 heterocycles. The van der Waals surface area contributed by atoms with E-state index in [9.17, 15) is 0 Å². The first-order chi connectivity index (χ1) is 18.9. The third kappa shape index (κ3) is 7.22. The zero-order valence-electron chi connectivity index (χ0n) is 23.6. The lowest BCUT2D eigenvalue weighted by Gasteiger charge is -2.50. The van der Waals surface area contributed by atoms with Crippen LogP contribution >= 0.6 is 0 Å². The average molecular weight is 558 g/mol. The fourth-order valence-corrected chi connectivity index (χ4v) is 3.52. The van der Waals surface area contributed by atoms with Crippen LogP contribution in [0.2, 0.25) is 0 Å². The fraction of sp³-hybridized carbons (Fsp3) is 0.545. The topological polar surface area (TPSA) is 271 Å². The van der Waals surface area contributed by atoms with Gasteiger partial charge >= 0.3 is 0 Å². The van der Waals surface area contributed by atoms with Crippen molar-refractivity contribution in [1.29, 1.82) is 5.53 Å². The molecule has 0 aliphatic heterocycles. The molecule has 40 heavy (non-hydrogen) atoms. The van der Waals surface area contributed by atoms with Crippen molar-refractivity contribution in [3.05, 3.63) is 23.5 Å². The maximum Gasteiger partial charge on any atom is 0.268 e. The molecule has 0 bridgehead atoms. The SMILES string of the molecule is CCC(C)N(N=N)c1n[nH]c(/N=C(/N)NN/C(N)=N/c2nc(N/C=C(\N)COCC3=CC(C)(C)C3(C)C)n[nH]2)n1. The molecule has 1 atom stereocenters. The van der Waals surface area contributed by atoms with Gasteiger partial charge in [-0.1, -0.05) is 45.9 Å². The van der Waals surface area contributed by atoms with E-state index in [1.807, 2.05) is 13.8 Å². The van der Waals surface area contributed by atoms with Gasteiger partial charge in [0.25, 0.3) is 5.95 Å². The molecular formula is C22H39N17O. The largest absolute Gasteiger partial charge is 0.399 e. The normalized spacial score (nSPS) is 17.4. The third-order valence-electron chi connectivity index (χ3n) is 6.89. The lowest BCUT2D eigenvalue weighted by molar-refractivity contribution is 0.100. The molecule has 0 saturated carbocycles. The van der Waals surface area contributed by atoms with Crippen LogP contribution in [-0.4, -0.2) is 61.5 Å². The number of guanidine groups is 2. The molecule has 2 aromatic heterocycles.